The van der Waals surface area contributed by atoms with Crippen LogP contribution in [0.15, 0.2) is 30.5 Å². The molecule has 1 aliphatic carbocycles. The van der Waals surface area contributed by atoms with Crippen molar-refractivity contribution in [3.05, 3.63) is 47.3 Å². The first-order valence-corrected chi connectivity index (χ1v) is 7.16. The number of unbranched alkanes of at least 4 members (excludes halogenated alkanes) is 1. The van der Waals surface area contributed by atoms with E-state index < -0.39 is 5.78 Å². The summed E-state index contributed by atoms with van der Waals surface area (Å²) in [5.74, 6) is -0.960. The van der Waals surface area contributed by atoms with Gasteiger partial charge in [0.25, 0.3) is 0 Å². The van der Waals surface area contributed by atoms with Crippen LogP contribution >= 0.6 is 0 Å². The SMILES string of the molecule is CCCCc1cn(C2=CC(=O)c3cccc(O)c3C2=O)nn1. The molecule has 22 heavy (non-hydrogen) atoms. The number of phenolic OH excluding ortho intramolecular Hbond substituents is 1. The van der Waals surface area contributed by atoms with Crippen LogP contribution in [0.4, 0.5) is 0 Å². The summed E-state index contributed by atoms with van der Waals surface area (Å²) in [4.78, 5) is 24.7. The van der Waals surface area contributed by atoms with Crippen molar-refractivity contribution in [1.82, 2.24) is 15.0 Å². The summed E-state index contributed by atoms with van der Waals surface area (Å²) in [6.07, 6.45) is 5.68. The fourth-order valence-corrected chi connectivity index (χ4v) is 2.44. The third kappa shape index (κ3) is 2.32. The second-order valence-electron chi connectivity index (χ2n) is 5.18. The molecule has 3 rings (SSSR count). The molecule has 0 saturated heterocycles. The van der Waals surface area contributed by atoms with Gasteiger partial charge in [-0.1, -0.05) is 30.7 Å². The number of benzene rings is 1. The van der Waals surface area contributed by atoms with Gasteiger partial charge in [-0.25, -0.2) is 4.68 Å². The molecule has 1 aliphatic rings. The smallest absolute Gasteiger partial charge is 0.216 e. The molecule has 6 nitrogen and oxygen atoms in total. The second-order valence-corrected chi connectivity index (χ2v) is 5.18. The number of allylic oxidation sites excluding steroid dienone is 2. The predicted octanol–water partition coefficient (Wildman–Crippen LogP) is 2.25. The molecule has 1 N–H and O–H groups in total. The van der Waals surface area contributed by atoms with Gasteiger partial charge in [-0.2, -0.15) is 0 Å². The molecule has 0 unspecified atom stereocenters. The maximum Gasteiger partial charge on any atom is 0.216 e. The minimum Gasteiger partial charge on any atom is -0.507 e. The second kappa shape index (κ2) is 5.55. The van der Waals surface area contributed by atoms with E-state index in [1.807, 2.05) is 0 Å². The first-order valence-electron chi connectivity index (χ1n) is 7.16. The molecule has 0 atom stereocenters. The summed E-state index contributed by atoms with van der Waals surface area (Å²) in [6.45, 7) is 2.08. The van der Waals surface area contributed by atoms with Crippen LogP contribution in [0.25, 0.3) is 5.70 Å². The van der Waals surface area contributed by atoms with Gasteiger partial charge >= 0.3 is 0 Å². The fourth-order valence-electron chi connectivity index (χ4n) is 2.44. The van der Waals surface area contributed by atoms with Crippen LogP contribution in [0.5, 0.6) is 5.75 Å². The minimum absolute atomic E-state index is 0.0237. The lowest BCUT2D eigenvalue weighted by molar-refractivity contribution is 0.0994. The number of aryl methyl sites for hydroxylation is 1. The molecular weight excluding hydrogens is 282 g/mol. The largest absolute Gasteiger partial charge is 0.507 e. The lowest BCUT2D eigenvalue weighted by atomic mass is 9.92. The molecule has 1 aromatic carbocycles. The van der Waals surface area contributed by atoms with Crippen molar-refractivity contribution in [3.8, 4) is 5.75 Å². The van der Waals surface area contributed by atoms with Gasteiger partial charge in [-0.05, 0) is 18.9 Å². The molecule has 0 amide bonds. The highest BCUT2D eigenvalue weighted by atomic mass is 16.3. The van der Waals surface area contributed by atoms with Crippen LogP contribution in [0.1, 0.15) is 46.2 Å². The number of carbonyl (C=O) groups is 2. The Kier molecular flexibility index (Phi) is 3.58. The van der Waals surface area contributed by atoms with Crippen molar-refractivity contribution in [2.45, 2.75) is 26.2 Å². The number of carbonyl (C=O) groups excluding carboxylic acids is 2. The molecule has 0 bridgehead atoms. The van der Waals surface area contributed by atoms with E-state index in [-0.39, 0.29) is 28.4 Å². The summed E-state index contributed by atoms with van der Waals surface area (Å²) < 4.78 is 1.31. The van der Waals surface area contributed by atoms with Gasteiger partial charge in [0.15, 0.2) is 5.78 Å². The molecule has 1 heterocycles. The molecule has 112 valence electrons. The number of aromatic nitrogens is 3. The Morgan fingerprint density at radius 3 is 2.86 bits per heavy atom. The molecule has 2 aromatic rings. The maximum atomic E-state index is 12.5. The van der Waals surface area contributed by atoms with E-state index in [9.17, 15) is 14.7 Å². The van der Waals surface area contributed by atoms with E-state index in [0.29, 0.717) is 0 Å². The number of nitrogens with zero attached hydrogens (tertiary/aromatic N) is 3. The minimum atomic E-state index is -0.431. The van der Waals surface area contributed by atoms with E-state index in [1.54, 1.807) is 6.20 Å². The number of hydrogen-bond donors (Lipinski definition) is 1. The standard InChI is InChI=1S/C16H15N3O3/c1-2-3-5-10-9-19(18-17-10)12-8-14(21)11-6-4-7-13(20)15(11)16(12)22/h4,6-9,20H,2-3,5H2,1H3. The van der Waals surface area contributed by atoms with Crippen molar-refractivity contribution in [2.75, 3.05) is 0 Å². The highest BCUT2D eigenvalue weighted by Gasteiger charge is 2.29. The Morgan fingerprint density at radius 1 is 1.27 bits per heavy atom. The van der Waals surface area contributed by atoms with Gasteiger partial charge in [0.1, 0.15) is 11.4 Å². The number of ketones is 2. The summed E-state index contributed by atoms with van der Waals surface area (Å²) >= 11 is 0. The Morgan fingerprint density at radius 2 is 2.09 bits per heavy atom. The Hall–Kier alpha value is -2.76. The summed E-state index contributed by atoms with van der Waals surface area (Å²) in [7, 11) is 0. The van der Waals surface area contributed by atoms with E-state index in [1.165, 1.54) is 29.0 Å². The van der Waals surface area contributed by atoms with Crippen molar-refractivity contribution < 1.29 is 14.7 Å². The first kappa shape index (κ1) is 14.2. The van der Waals surface area contributed by atoms with Gasteiger partial charge in [0.05, 0.1) is 17.5 Å². The van der Waals surface area contributed by atoms with Crippen molar-refractivity contribution >= 4 is 17.3 Å². The molecule has 0 fully saturated rings. The fraction of sp³-hybridized carbons (Fsp3) is 0.250. The molecule has 0 saturated carbocycles. The van der Waals surface area contributed by atoms with Crippen LogP contribution in [-0.2, 0) is 6.42 Å². The zero-order chi connectivity index (χ0) is 15.7. The molecule has 1 aromatic heterocycles. The van der Waals surface area contributed by atoms with Gasteiger partial charge in [-0.15, -0.1) is 5.10 Å². The van der Waals surface area contributed by atoms with E-state index in [2.05, 4.69) is 17.2 Å². The van der Waals surface area contributed by atoms with E-state index in [0.717, 1.165) is 25.0 Å². The van der Waals surface area contributed by atoms with Gasteiger partial charge in [0.2, 0.25) is 5.78 Å². The lowest BCUT2D eigenvalue weighted by Crippen LogP contribution is -2.20. The third-order valence-electron chi connectivity index (χ3n) is 3.61. The summed E-state index contributed by atoms with van der Waals surface area (Å²) in [5, 5.41) is 17.8. The van der Waals surface area contributed by atoms with Crippen molar-refractivity contribution in [2.24, 2.45) is 0 Å². The van der Waals surface area contributed by atoms with Crippen LogP contribution in [0.2, 0.25) is 0 Å². The van der Waals surface area contributed by atoms with Gasteiger partial charge < -0.3 is 5.11 Å². The molecular formula is C16H15N3O3. The number of phenols is 1. The number of hydrogen-bond acceptors (Lipinski definition) is 5. The molecule has 6 heteroatoms. The number of aromatic hydroxyl groups is 1. The Labute approximate surface area is 127 Å². The monoisotopic (exact) mass is 297 g/mol. The summed E-state index contributed by atoms with van der Waals surface area (Å²) in [5.41, 5.74) is 1.11. The Bertz CT molecular complexity index is 790. The molecule has 0 radical (unpaired) electrons. The normalized spacial score (nSPS) is 14.0. The third-order valence-corrected chi connectivity index (χ3v) is 3.61. The van der Waals surface area contributed by atoms with Crippen LogP contribution in [0.3, 0.4) is 0 Å². The average molecular weight is 297 g/mol. The van der Waals surface area contributed by atoms with E-state index in [4.69, 9.17) is 0 Å². The highest BCUT2D eigenvalue weighted by molar-refractivity contribution is 6.36. The van der Waals surface area contributed by atoms with Crippen LogP contribution < -0.4 is 0 Å². The quantitative estimate of drug-likeness (QED) is 0.935. The van der Waals surface area contributed by atoms with Gasteiger partial charge in [0, 0.05) is 11.6 Å². The Balaban J connectivity index is 1.99. The maximum absolute atomic E-state index is 12.5. The average Bonchev–Trinajstić information content (AvgIpc) is 2.97. The van der Waals surface area contributed by atoms with E-state index >= 15 is 0 Å². The lowest BCUT2D eigenvalue weighted by Gasteiger charge is -2.15. The molecule has 0 spiro atoms. The number of rotatable bonds is 4. The van der Waals surface area contributed by atoms with Crippen LogP contribution in [-0.4, -0.2) is 31.7 Å². The number of Topliss-reactive ketones (excluding diaryl/α,β-unsaturated/α-hetero) is 1. The first-order chi connectivity index (χ1) is 10.6. The highest BCUT2D eigenvalue weighted by Crippen LogP contribution is 2.30. The predicted molar refractivity (Wildman–Crippen MR) is 79.7 cm³/mol. The topological polar surface area (TPSA) is 85.1 Å². The zero-order valence-corrected chi connectivity index (χ0v) is 12.1. The number of fused-ring (bicyclic) bond motifs is 1. The summed E-state index contributed by atoms with van der Waals surface area (Å²) in [6, 6.07) is 4.45. The molecule has 0 aliphatic heterocycles. The van der Waals surface area contributed by atoms with Crippen molar-refractivity contribution in [3.63, 3.8) is 0 Å². The van der Waals surface area contributed by atoms with Gasteiger partial charge in [-0.3, -0.25) is 9.59 Å². The van der Waals surface area contributed by atoms with Crippen molar-refractivity contribution in [1.29, 1.82) is 0 Å². The van der Waals surface area contributed by atoms with Crippen LogP contribution in [0, 0.1) is 0 Å². The zero-order valence-electron chi connectivity index (χ0n) is 12.1.